The molecule has 4 heteroatoms. The van der Waals surface area contributed by atoms with Gasteiger partial charge in [0.1, 0.15) is 38.5 Å². The molecule has 4 aliphatic rings. The molecule has 0 saturated carbocycles. The van der Waals surface area contributed by atoms with Gasteiger partial charge in [-0.1, -0.05) is 187 Å². The number of fused-ring (bicyclic) bond motifs is 20. The van der Waals surface area contributed by atoms with Crippen LogP contribution in [0.25, 0.3) is 111 Å². The maximum Gasteiger partial charge on any atom is 0.143 e. The lowest BCUT2D eigenvalue weighted by molar-refractivity contribution is 0.660. The molecule has 0 unspecified atom stereocenters. The molecule has 326 valence electrons. The lowest BCUT2D eigenvalue weighted by Gasteiger charge is -2.22. The summed E-state index contributed by atoms with van der Waals surface area (Å²) in [5, 5.41) is 10.8. The summed E-state index contributed by atoms with van der Waals surface area (Å²) < 4.78 is 14.2. The predicted molar refractivity (Wildman–Crippen MR) is 291 cm³/mol. The van der Waals surface area contributed by atoms with Crippen LogP contribution in [0.15, 0.2) is 167 Å². The SMILES string of the molecule is CC1(C)c2ccccc2-c2cc(-c3cc4c(c5c3oc3ccccc35)-c3cc5c(cc3[Si]4(C)C)-c3c(cc(-c4ccc6c(c4)-c4ccccc4C6(C)C)c4c3oc3ccccc34)[Si]5(C)C)ccc21. The van der Waals surface area contributed by atoms with Crippen molar-refractivity contribution >= 4 is 80.8 Å². The number of furan rings is 2. The molecule has 68 heavy (non-hydrogen) atoms. The minimum absolute atomic E-state index is 0.0471. The maximum absolute atomic E-state index is 7.17. The quantitative estimate of drug-likeness (QED) is 0.162. The zero-order valence-corrected chi connectivity index (χ0v) is 41.8. The molecule has 0 spiro atoms. The third-order valence-corrected chi connectivity index (χ3v) is 24.5. The van der Waals surface area contributed by atoms with E-state index in [-0.39, 0.29) is 10.8 Å². The van der Waals surface area contributed by atoms with Gasteiger partial charge >= 0.3 is 0 Å². The van der Waals surface area contributed by atoms with E-state index in [1.807, 2.05) is 0 Å². The average Bonchev–Trinajstić information content (AvgIpc) is 4.13. The van der Waals surface area contributed by atoms with E-state index in [4.69, 9.17) is 8.83 Å². The predicted octanol–water partition coefficient (Wildman–Crippen LogP) is 15.0. The van der Waals surface area contributed by atoms with E-state index >= 15 is 0 Å². The average molecular weight is 907 g/mol. The highest BCUT2D eigenvalue weighted by atomic mass is 28.3. The summed E-state index contributed by atoms with van der Waals surface area (Å²) in [5.74, 6) is 0. The number of hydrogen-bond acceptors (Lipinski definition) is 2. The highest BCUT2D eigenvalue weighted by Gasteiger charge is 2.47. The van der Waals surface area contributed by atoms with E-state index in [1.165, 1.54) is 131 Å². The van der Waals surface area contributed by atoms with Crippen LogP contribution in [0.1, 0.15) is 49.9 Å². The van der Waals surface area contributed by atoms with Gasteiger partial charge in [-0.3, -0.25) is 0 Å². The number of hydrogen-bond donors (Lipinski definition) is 0. The lowest BCUT2D eigenvalue weighted by atomic mass is 9.82. The third-order valence-electron chi connectivity index (χ3n) is 17.5. The van der Waals surface area contributed by atoms with Gasteiger partial charge in [-0.2, -0.15) is 0 Å². The topological polar surface area (TPSA) is 26.3 Å². The first-order valence-corrected chi connectivity index (χ1v) is 30.4. The van der Waals surface area contributed by atoms with Crippen molar-refractivity contribution in [1.29, 1.82) is 0 Å². The molecule has 11 aromatic rings. The Balaban J connectivity index is 0.964. The monoisotopic (exact) mass is 906 g/mol. The van der Waals surface area contributed by atoms with Gasteiger partial charge in [-0.05, 0) is 123 Å². The number of para-hydroxylation sites is 2. The van der Waals surface area contributed by atoms with Crippen LogP contribution in [0.5, 0.6) is 0 Å². The Morgan fingerprint density at radius 3 is 1.35 bits per heavy atom. The van der Waals surface area contributed by atoms with Crippen molar-refractivity contribution in [3.63, 3.8) is 0 Å². The number of benzene rings is 9. The van der Waals surface area contributed by atoms with Crippen molar-refractivity contribution < 1.29 is 8.83 Å². The summed E-state index contributed by atoms with van der Waals surface area (Å²) in [6.45, 7) is 19.8. The Morgan fingerprint density at radius 2 is 0.765 bits per heavy atom. The fraction of sp³-hybridized carbons (Fsp3) is 0.156. The first-order valence-electron chi connectivity index (χ1n) is 24.4. The molecule has 0 saturated heterocycles. The van der Waals surface area contributed by atoms with E-state index < -0.39 is 16.1 Å². The lowest BCUT2D eigenvalue weighted by Crippen LogP contribution is -2.51. The van der Waals surface area contributed by atoms with Crippen LogP contribution in [-0.4, -0.2) is 16.1 Å². The highest BCUT2D eigenvalue weighted by Crippen LogP contribution is 2.53. The molecule has 0 radical (unpaired) electrons. The van der Waals surface area contributed by atoms with Crippen molar-refractivity contribution in [3.8, 4) is 66.8 Å². The Hall–Kier alpha value is -6.99. The van der Waals surface area contributed by atoms with Gasteiger partial charge in [0.15, 0.2) is 0 Å². The van der Waals surface area contributed by atoms with Gasteiger partial charge in [0.2, 0.25) is 0 Å². The second-order valence-electron chi connectivity index (χ2n) is 22.4. The molecule has 2 aliphatic carbocycles. The van der Waals surface area contributed by atoms with Crippen LogP contribution in [0.3, 0.4) is 0 Å². The molecule has 4 heterocycles. The minimum atomic E-state index is -2.31. The summed E-state index contributed by atoms with van der Waals surface area (Å²) in [6, 6.07) is 60.2. The van der Waals surface area contributed by atoms with Crippen LogP contribution in [0.4, 0.5) is 0 Å². The third kappa shape index (κ3) is 4.63. The standard InChI is InChI=1S/C64H50O2Si2/c1-63(2)47-21-13-9-17-37(47)43-29-35(25-27-49(43)63)41-31-56-59(62-57(41)39-19-11-15-23-51(39)66-62)46-34-53-45(33-54(46)68(56,7)8)58-55(67(53,5)6)32-42(61-60(58)40-20-12-16-24-52(40)65-61)36-26-28-50-44(30-36)38-18-10-14-22-48(38)64(50,3)4/h9-34H,1-8H3. The maximum atomic E-state index is 7.17. The zero-order valence-electron chi connectivity index (χ0n) is 39.8. The molecule has 2 nitrogen and oxygen atoms in total. The second kappa shape index (κ2) is 12.6. The van der Waals surface area contributed by atoms with Gasteiger partial charge in [0.25, 0.3) is 0 Å². The van der Waals surface area contributed by atoms with Gasteiger partial charge < -0.3 is 8.83 Å². The van der Waals surface area contributed by atoms with E-state index in [2.05, 4.69) is 212 Å². The van der Waals surface area contributed by atoms with Crippen molar-refractivity contribution in [2.75, 3.05) is 0 Å². The molecule has 0 N–H and O–H groups in total. The molecule has 15 rings (SSSR count). The van der Waals surface area contributed by atoms with Crippen molar-refractivity contribution in [2.24, 2.45) is 0 Å². The smallest absolute Gasteiger partial charge is 0.143 e. The van der Waals surface area contributed by atoms with Crippen LogP contribution in [-0.2, 0) is 10.8 Å². The van der Waals surface area contributed by atoms with E-state index in [0.717, 1.165) is 22.3 Å². The van der Waals surface area contributed by atoms with Crippen molar-refractivity contribution in [1.82, 2.24) is 0 Å². The van der Waals surface area contributed by atoms with Crippen LogP contribution < -0.4 is 20.7 Å². The van der Waals surface area contributed by atoms with E-state index in [9.17, 15) is 0 Å². The molecule has 0 atom stereocenters. The van der Waals surface area contributed by atoms with Crippen LogP contribution in [0.2, 0.25) is 26.2 Å². The first kappa shape index (κ1) is 39.1. The van der Waals surface area contributed by atoms with Gasteiger partial charge in [0.05, 0.1) is 0 Å². The summed E-state index contributed by atoms with van der Waals surface area (Å²) in [7, 11) is -4.62. The Labute approximate surface area is 398 Å². The molecule has 9 aromatic carbocycles. The normalized spacial score (nSPS) is 16.7. The van der Waals surface area contributed by atoms with Crippen molar-refractivity contribution in [3.05, 3.63) is 180 Å². The molecule has 0 fully saturated rings. The zero-order chi connectivity index (χ0) is 46.0. The molecule has 0 amide bonds. The van der Waals surface area contributed by atoms with E-state index in [0.29, 0.717) is 0 Å². The first-order chi connectivity index (χ1) is 32.7. The summed E-state index contributed by atoms with van der Waals surface area (Å²) >= 11 is 0. The fourth-order valence-corrected chi connectivity index (χ4v) is 20.0. The molecule has 0 bridgehead atoms. The van der Waals surface area contributed by atoms with Crippen LogP contribution >= 0.6 is 0 Å². The fourth-order valence-electron chi connectivity index (χ4n) is 13.9. The summed E-state index contributed by atoms with van der Waals surface area (Å²) in [6.07, 6.45) is 0. The van der Waals surface area contributed by atoms with E-state index in [1.54, 1.807) is 0 Å². The Morgan fingerprint density at radius 1 is 0.338 bits per heavy atom. The number of rotatable bonds is 2. The second-order valence-corrected chi connectivity index (χ2v) is 31.0. The molecular formula is C64H50O2Si2. The Bertz CT molecular complexity index is 4150. The highest BCUT2D eigenvalue weighted by molar-refractivity contribution is 7.06. The van der Waals surface area contributed by atoms with Gasteiger partial charge in [-0.25, -0.2) is 0 Å². The molecular weight excluding hydrogens is 857 g/mol. The summed E-state index contributed by atoms with van der Waals surface area (Å²) in [5.41, 5.74) is 25.2. The molecule has 2 aromatic heterocycles. The van der Waals surface area contributed by atoms with Crippen molar-refractivity contribution in [2.45, 2.75) is 64.7 Å². The molecule has 2 aliphatic heterocycles. The van der Waals surface area contributed by atoms with Gasteiger partial charge in [-0.15, -0.1) is 0 Å². The largest absolute Gasteiger partial charge is 0.455 e. The summed E-state index contributed by atoms with van der Waals surface area (Å²) in [4.78, 5) is 0. The minimum Gasteiger partial charge on any atom is -0.455 e. The van der Waals surface area contributed by atoms with Crippen LogP contribution in [0, 0.1) is 0 Å². The Kier molecular flexibility index (Phi) is 7.21. The van der Waals surface area contributed by atoms with Gasteiger partial charge in [0, 0.05) is 43.5 Å².